The predicted molar refractivity (Wildman–Crippen MR) is 51.5 cm³/mol. The second-order valence-corrected chi connectivity index (χ2v) is 3.46. The molecule has 3 nitrogen and oxygen atoms in total. The number of hydrogen-bond acceptors (Lipinski definition) is 2. The van der Waals surface area contributed by atoms with Crippen molar-refractivity contribution in [2.75, 3.05) is 7.11 Å². The third-order valence-electron chi connectivity index (χ3n) is 2.19. The minimum Gasteiger partial charge on any atom is -0.495 e. The second-order valence-electron chi connectivity index (χ2n) is 3.46. The number of ether oxygens (including phenoxy) is 1. The van der Waals surface area contributed by atoms with Crippen molar-refractivity contribution in [3.63, 3.8) is 0 Å². The quantitative estimate of drug-likeness (QED) is 0.850. The number of carbonyl (C=O) groups excluding carboxylic acids is 1. The zero-order valence-electron chi connectivity index (χ0n) is 9.32. The summed E-state index contributed by atoms with van der Waals surface area (Å²) in [5.41, 5.74) is 0.439. The lowest BCUT2D eigenvalue weighted by Gasteiger charge is -2.17. The number of rotatable bonds is 2. The maximum atomic E-state index is 12.6. The highest BCUT2D eigenvalue weighted by Gasteiger charge is 2.40. The van der Waals surface area contributed by atoms with Gasteiger partial charge in [-0.2, -0.15) is 26.3 Å². The highest BCUT2D eigenvalue weighted by molar-refractivity contribution is 5.96. The number of carbonyl (C=O) groups is 1. The average molecular weight is 287 g/mol. The minimum atomic E-state index is -5.11. The van der Waals surface area contributed by atoms with E-state index in [-0.39, 0.29) is 12.1 Å². The third-order valence-corrected chi connectivity index (χ3v) is 2.19. The molecule has 0 unspecified atom stereocenters. The Bertz CT molecular complexity index is 506. The molecule has 0 radical (unpaired) electrons. The Morgan fingerprint density at radius 2 is 1.63 bits per heavy atom. The largest absolute Gasteiger partial charge is 0.495 e. The topological polar surface area (TPSA) is 52.3 Å². The Morgan fingerprint density at radius 3 is 1.95 bits per heavy atom. The highest BCUT2D eigenvalue weighted by atomic mass is 19.4. The van der Waals surface area contributed by atoms with Gasteiger partial charge < -0.3 is 10.5 Å². The van der Waals surface area contributed by atoms with E-state index in [0.717, 1.165) is 7.11 Å². The lowest BCUT2D eigenvalue weighted by molar-refractivity contribution is -0.143. The van der Waals surface area contributed by atoms with Crippen molar-refractivity contribution < 1.29 is 35.9 Å². The van der Waals surface area contributed by atoms with Crippen molar-refractivity contribution in [3.05, 3.63) is 28.8 Å². The summed E-state index contributed by atoms with van der Waals surface area (Å²) in [6.45, 7) is 0. The van der Waals surface area contributed by atoms with Crippen LogP contribution in [0.25, 0.3) is 0 Å². The lowest BCUT2D eigenvalue weighted by atomic mass is 10.0. The van der Waals surface area contributed by atoms with Gasteiger partial charge in [0, 0.05) is 0 Å². The molecule has 9 heteroatoms. The molecule has 0 saturated carbocycles. The summed E-state index contributed by atoms with van der Waals surface area (Å²) < 4.78 is 79.7. The van der Waals surface area contributed by atoms with Gasteiger partial charge in [0.05, 0.1) is 23.8 Å². The molecule has 0 aliphatic heterocycles. The van der Waals surface area contributed by atoms with Gasteiger partial charge in [-0.1, -0.05) is 0 Å². The van der Waals surface area contributed by atoms with Crippen LogP contribution in [0.5, 0.6) is 5.75 Å². The van der Waals surface area contributed by atoms with Gasteiger partial charge in [-0.15, -0.1) is 0 Å². The molecular formula is C10H7F6NO2. The summed E-state index contributed by atoms with van der Waals surface area (Å²) in [5.74, 6) is -2.48. The fourth-order valence-electron chi connectivity index (χ4n) is 1.41. The van der Waals surface area contributed by atoms with Crippen molar-refractivity contribution >= 4 is 5.91 Å². The van der Waals surface area contributed by atoms with Gasteiger partial charge in [0.2, 0.25) is 0 Å². The molecule has 1 aromatic rings. The summed E-state index contributed by atoms with van der Waals surface area (Å²) in [4.78, 5) is 10.9. The SMILES string of the molecule is COc1c(C(N)=O)cc(C(F)(F)F)cc1C(F)(F)F. The molecule has 0 fully saturated rings. The van der Waals surface area contributed by atoms with Gasteiger partial charge >= 0.3 is 12.4 Å². The number of halogens is 6. The molecular weight excluding hydrogens is 280 g/mol. The van der Waals surface area contributed by atoms with E-state index in [1.54, 1.807) is 0 Å². The molecule has 1 aromatic carbocycles. The van der Waals surface area contributed by atoms with Crippen molar-refractivity contribution in [2.24, 2.45) is 5.73 Å². The zero-order valence-corrected chi connectivity index (χ0v) is 9.32. The molecule has 1 amide bonds. The van der Waals surface area contributed by atoms with Crippen LogP contribution in [0.1, 0.15) is 21.5 Å². The molecule has 2 N–H and O–H groups in total. The maximum absolute atomic E-state index is 12.6. The summed E-state index contributed by atoms with van der Waals surface area (Å²) in [6, 6.07) is 0.0850. The van der Waals surface area contributed by atoms with E-state index in [4.69, 9.17) is 5.73 Å². The Labute approximate surface area is 102 Å². The first-order valence-corrected chi connectivity index (χ1v) is 4.64. The van der Waals surface area contributed by atoms with Crippen LogP contribution in [0.15, 0.2) is 12.1 Å². The van der Waals surface area contributed by atoms with Crippen molar-refractivity contribution in [3.8, 4) is 5.75 Å². The third kappa shape index (κ3) is 3.09. The lowest BCUT2D eigenvalue weighted by Crippen LogP contribution is -2.19. The molecule has 0 aromatic heterocycles. The summed E-state index contributed by atoms with van der Waals surface area (Å²) in [5, 5.41) is 0. The maximum Gasteiger partial charge on any atom is 0.420 e. The van der Waals surface area contributed by atoms with Gasteiger partial charge in [-0.25, -0.2) is 0 Å². The molecule has 0 bridgehead atoms. The first-order chi connectivity index (χ1) is 8.48. The van der Waals surface area contributed by atoms with E-state index < -0.39 is 40.7 Å². The Morgan fingerprint density at radius 1 is 1.11 bits per heavy atom. The van der Waals surface area contributed by atoms with Crippen molar-refractivity contribution in [2.45, 2.75) is 12.4 Å². The standard InChI is InChI=1S/C10H7F6NO2/c1-19-7-5(8(17)18)2-4(9(11,12)13)3-6(7)10(14,15)16/h2-3H,1H3,(H2,17,18). The van der Waals surface area contributed by atoms with E-state index in [9.17, 15) is 31.1 Å². The number of methoxy groups -OCH3 is 1. The molecule has 0 atom stereocenters. The van der Waals surface area contributed by atoms with Gasteiger partial charge in [0.25, 0.3) is 5.91 Å². The predicted octanol–water partition coefficient (Wildman–Crippen LogP) is 2.83. The van der Waals surface area contributed by atoms with Crippen LogP contribution in [0, 0.1) is 0 Å². The first-order valence-electron chi connectivity index (χ1n) is 4.64. The minimum absolute atomic E-state index is 0.134. The number of alkyl halides is 6. The molecule has 106 valence electrons. The molecule has 1 rings (SSSR count). The van der Waals surface area contributed by atoms with E-state index in [0.29, 0.717) is 0 Å². The normalized spacial score (nSPS) is 12.4. The molecule has 19 heavy (non-hydrogen) atoms. The molecule has 0 heterocycles. The van der Waals surface area contributed by atoms with Crippen LogP contribution in [-0.4, -0.2) is 13.0 Å². The molecule has 0 saturated heterocycles. The van der Waals surface area contributed by atoms with Crippen molar-refractivity contribution in [1.82, 2.24) is 0 Å². The van der Waals surface area contributed by atoms with Gasteiger partial charge in [-0.05, 0) is 12.1 Å². The Hall–Kier alpha value is -1.93. The van der Waals surface area contributed by atoms with Crippen LogP contribution in [0.2, 0.25) is 0 Å². The summed E-state index contributed by atoms with van der Waals surface area (Å²) >= 11 is 0. The molecule has 0 aliphatic carbocycles. The Balaban J connectivity index is 3.70. The monoisotopic (exact) mass is 287 g/mol. The molecule has 0 spiro atoms. The smallest absolute Gasteiger partial charge is 0.420 e. The number of primary amides is 1. The van der Waals surface area contributed by atoms with Crippen LogP contribution < -0.4 is 10.5 Å². The van der Waals surface area contributed by atoms with E-state index >= 15 is 0 Å². The van der Waals surface area contributed by atoms with Crippen LogP contribution in [0.3, 0.4) is 0 Å². The van der Waals surface area contributed by atoms with Gasteiger partial charge in [0.15, 0.2) is 0 Å². The van der Waals surface area contributed by atoms with E-state index in [1.165, 1.54) is 0 Å². The van der Waals surface area contributed by atoms with E-state index in [1.807, 2.05) is 0 Å². The average Bonchev–Trinajstić information content (AvgIpc) is 2.24. The Kier molecular flexibility index (Phi) is 3.69. The van der Waals surface area contributed by atoms with Crippen LogP contribution in [-0.2, 0) is 12.4 Å². The number of amides is 1. The number of hydrogen-bond donors (Lipinski definition) is 1. The van der Waals surface area contributed by atoms with Gasteiger partial charge in [0.1, 0.15) is 5.75 Å². The summed E-state index contributed by atoms with van der Waals surface area (Å²) in [6.07, 6.45) is -10.2. The number of nitrogens with two attached hydrogens (primary N) is 1. The van der Waals surface area contributed by atoms with Gasteiger partial charge in [-0.3, -0.25) is 4.79 Å². The van der Waals surface area contributed by atoms with E-state index in [2.05, 4.69) is 4.74 Å². The fraction of sp³-hybridized carbons (Fsp3) is 0.300. The van der Waals surface area contributed by atoms with Crippen molar-refractivity contribution in [1.29, 1.82) is 0 Å². The number of benzene rings is 1. The van der Waals surface area contributed by atoms with Crippen LogP contribution >= 0.6 is 0 Å². The first kappa shape index (κ1) is 15.1. The zero-order chi connectivity index (χ0) is 15.0. The molecule has 0 aliphatic rings. The highest BCUT2D eigenvalue weighted by Crippen LogP contribution is 2.42. The fourth-order valence-corrected chi connectivity index (χ4v) is 1.41. The van der Waals surface area contributed by atoms with Crippen LogP contribution in [0.4, 0.5) is 26.3 Å². The summed E-state index contributed by atoms with van der Waals surface area (Å²) in [7, 11) is 0.796. The second kappa shape index (κ2) is 4.63.